The van der Waals surface area contributed by atoms with Gasteiger partial charge in [0.2, 0.25) is 0 Å². The first-order valence-corrected chi connectivity index (χ1v) is 13.1. The van der Waals surface area contributed by atoms with E-state index < -0.39 is 17.8 Å². The Morgan fingerprint density at radius 1 is 0.902 bits per heavy atom. The van der Waals surface area contributed by atoms with Gasteiger partial charge in [0.25, 0.3) is 17.7 Å². The normalized spacial score (nSPS) is 14.1. The molecule has 1 aliphatic rings. The van der Waals surface area contributed by atoms with Crippen LogP contribution in [0.3, 0.4) is 0 Å². The zero-order valence-corrected chi connectivity index (χ0v) is 23.3. The summed E-state index contributed by atoms with van der Waals surface area (Å²) >= 11 is 0. The predicted octanol–water partition coefficient (Wildman–Crippen LogP) is 4.78. The molecule has 0 spiro atoms. The van der Waals surface area contributed by atoms with Crippen LogP contribution in [0.25, 0.3) is 6.08 Å². The van der Waals surface area contributed by atoms with Crippen LogP contribution >= 0.6 is 0 Å². The van der Waals surface area contributed by atoms with E-state index in [9.17, 15) is 19.2 Å². The van der Waals surface area contributed by atoms with Gasteiger partial charge in [-0.2, -0.15) is 0 Å². The van der Waals surface area contributed by atoms with Crippen molar-refractivity contribution >= 4 is 41.2 Å². The fourth-order valence-corrected chi connectivity index (χ4v) is 4.13. The van der Waals surface area contributed by atoms with E-state index in [0.29, 0.717) is 41.7 Å². The number of hydrogen-bond acceptors (Lipinski definition) is 7. The number of amides is 5. The van der Waals surface area contributed by atoms with Crippen molar-refractivity contribution in [2.75, 3.05) is 30.0 Å². The molecule has 1 heterocycles. The number of benzene rings is 3. The summed E-state index contributed by atoms with van der Waals surface area (Å²) in [6.07, 6.45) is 1.37. The Hall–Kier alpha value is -5.12. The number of ether oxygens (including phenoxy) is 3. The molecule has 10 nitrogen and oxygen atoms in total. The van der Waals surface area contributed by atoms with Crippen LogP contribution in [-0.2, 0) is 14.4 Å². The van der Waals surface area contributed by atoms with E-state index in [1.165, 1.54) is 6.08 Å². The Morgan fingerprint density at radius 2 is 1.63 bits per heavy atom. The predicted molar refractivity (Wildman–Crippen MR) is 154 cm³/mol. The van der Waals surface area contributed by atoms with E-state index in [1.54, 1.807) is 49.4 Å². The SMILES string of the molecule is CCOc1ccc(N2C(=O)NC(=O)/C(=C\c3ccc(OCC(=O)Nc4cccc(C)c4C)c(OCC)c3)C2=O)cc1. The first-order chi connectivity index (χ1) is 19.7. The van der Waals surface area contributed by atoms with Gasteiger partial charge in [0.15, 0.2) is 18.1 Å². The maximum atomic E-state index is 13.3. The van der Waals surface area contributed by atoms with Crippen LogP contribution in [0.1, 0.15) is 30.5 Å². The summed E-state index contributed by atoms with van der Waals surface area (Å²) < 4.78 is 16.8. The average Bonchev–Trinajstić information content (AvgIpc) is 2.94. The standard InChI is InChI=1S/C31H31N3O7/c1-5-39-23-13-11-22(12-14-23)34-30(37)24(29(36)33-31(34)38)16-21-10-15-26(27(17-21)40-6-2)41-18-28(35)32-25-9-7-8-19(3)20(25)4/h7-17H,5-6,18H2,1-4H3,(H,32,35)(H,33,36,38)/b24-16+. The Labute approximate surface area is 237 Å². The van der Waals surface area contributed by atoms with Gasteiger partial charge in [-0.05, 0) is 92.9 Å². The number of nitrogens with one attached hydrogen (secondary N) is 2. The highest BCUT2D eigenvalue weighted by atomic mass is 16.5. The molecule has 0 bridgehead atoms. The number of hydrogen-bond donors (Lipinski definition) is 2. The molecule has 4 rings (SSSR count). The second-order valence-electron chi connectivity index (χ2n) is 9.11. The maximum absolute atomic E-state index is 13.3. The molecule has 0 radical (unpaired) electrons. The lowest BCUT2D eigenvalue weighted by Gasteiger charge is -2.26. The second-order valence-corrected chi connectivity index (χ2v) is 9.11. The van der Waals surface area contributed by atoms with Crippen molar-refractivity contribution in [3.05, 3.63) is 82.9 Å². The van der Waals surface area contributed by atoms with E-state index >= 15 is 0 Å². The van der Waals surface area contributed by atoms with Crippen LogP contribution in [0.4, 0.5) is 16.2 Å². The van der Waals surface area contributed by atoms with Gasteiger partial charge in [0.1, 0.15) is 11.3 Å². The van der Waals surface area contributed by atoms with E-state index in [-0.39, 0.29) is 23.8 Å². The van der Waals surface area contributed by atoms with E-state index in [4.69, 9.17) is 14.2 Å². The number of carbonyl (C=O) groups excluding carboxylic acids is 4. The van der Waals surface area contributed by atoms with Gasteiger partial charge >= 0.3 is 6.03 Å². The molecule has 1 saturated heterocycles. The monoisotopic (exact) mass is 557 g/mol. The molecule has 5 amide bonds. The highest BCUT2D eigenvalue weighted by Crippen LogP contribution is 2.31. The van der Waals surface area contributed by atoms with Gasteiger partial charge in [0.05, 0.1) is 18.9 Å². The number of carbonyl (C=O) groups is 4. The van der Waals surface area contributed by atoms with Crippen LogP contribution < -0.4 is 29.7 Å². The molecule has 212 valence electrons. The molecule has 0 atom stereocenters. The van der Waals surface area contributed by atoms with Crippen molar-refractivity contribution in [3.8, 4) is 17.2 Å². The summed E-state index contributed by atoms with van der Waals surface area (Å²) in [6.45, 7) is 8.05. The molecule has 0 saturated carbocycles. The third-order valence-corrected chi connectivity index (χ3v) is 6.32. The molecule has 0 unspecified atom stereocenters. The minimum Gasteiger partial charge on any atom is -0.494 e. The third-order valence-electron chi connectivity index (χ3n) is 6.32. The Bertz CT molecular complexity index is 1510. The number of anilines is 2. The lowest BCUT2D eigenvalue weighted by molar-refractivity contribution is -0.122. The lowest BCUT2D eigenvalue weighted by Crippen LogP contribution is -2.54. The van der Waals surface area contributed by atoms with Crippen molar-refractivity contribution in [1.82, 2.24) is 5.32 Å². The fourth-order valence-electron chi connectivity index (χ4n) is 4.13. The summed E-state index contributed by atoms with van der Waals surface area (Å²) in [4.78, 5) is 51.8. The highest BCUT2D eigenvalue weighted by molar-refractivity contribution is 6.39. The summed E-state index contributed by atoms with van der Waals surface area (Å²) in [6, 6.07) is 16.0. The number of barbiturate groups is 1. The van der Waals surface area contributed by atoms with E-state index in [1.807, 2.05) is 39.0 Å². The van der Waals surface area contributed by atoms with Crippen molar-refractivity contribution in [2.24, 2.45) is 0 Å². The average molecular weight is 558 g/mol. The van der Waals surface area contributed by atoms with Crippen molar-refractivity contribution in [1.29, 1.82) is 0 Å². The minimum absolute atomic E-state index is 0.234. The molecule has 3 aromatic rings. The summed E-state index contributed by atoms with van der Waals surface area (Å²) in [5.74, 6) is -0.703. The summed E-state index contributed by atoms with van der Waals surface area (Å²) in [5.41, 5.74) is 3.25. The van der Waals surface area contributed by atoms with E-state index in [0.717, 1.165) is 16.0 Å². The number of nitrogens with zero attached hydrogens (tertiary/aromatic N) is 1. The van der Waals surface area contributed by atoms with E-state index in [2.05, 4.69) is 10.6 Å². The van der Waals surface area contributed by atoms with Gasteiger partial charge in [-0.25, -0.2) is 9.69 Å². The molecular formula is C31H31N3O7. The number of urea groups is 1. The van der Waals surface area contributed by atoms with Gasteiger partial charge in [-0.3, -0.25) is 19.7 Å². The van der Waals surface area contributed by atoms with Crippen molar-refractivity contribution in [2.45, 2.75) is 27.7 Å². The van der Waals surface area contributed by atoms with Crippen molar-refractivity contribution in [3.63, 3.8) is 0 Å². The highest BCUT2D eigenvalue weighted by Gasteiger charge is 2.36. The molecule has 10 heteroatoms. The number of aryl methyl sites for hydroxylation is 1. The topological polar surface area (TPSA) is 123 Å². The molecule has 41 heavy (non-hydrogen) atoms. The van der Waals surface area contributed by atoms with Gasteiger partial charge < -0.3 is 19.5 Å². The molecule has 2 N–H and O–H groups in total. The quantitative estimate of drug-likeness (QED) is 0.272. The van der Waals surface area contributed by atoms with Gasteiger partial charge in [-0.1, -0.05) is 18.2 Å². The van der Waals surface area contributed by atoms with Gasteiger partial charge in [-0.15, -0.1) is 0 Å². The molecule has 1 aliphatic heterocycles. The smallest absolute Gasteiger partial charge is 0.335 e. The van der Waals surface area contributed by atoms with Crippen LogP contribution in [0.5, 0.6) is 17.2 Å². The van der Waals surface area contributed by atoms with Crippen LogP contribution in [0.15, 0.2) is 66.2 Å². The number of rotatable bonds is 10. The van der Waals surface area contributed by atoms with Gasteiger partial charge in [0, 0.05) is 5.69 Å². The Balaban J connectivity index is 1.52. The second kappa shape index (κ2) is 12.8. The zero-order chi connectivity index (χ0) is 29.5. The summed E-state index contributed by atoms with van der Waals surface area (Å²) in [7, 11) is 0. The van der Waals surface area contributed by atoms with Crippen LogP contribution in [0, 0.1) is 13.8 Å². The first kappa shape index (κ1) is 28.9. The molecule has 0 aromatic heterocycles. The minimum atomic E-state index is -0.848. The van der Waals surface area contributed by atoms with Crippen molar-refractivity contribution < 1.29 is 33.4 Å². The largest absolute Gasteiger partial charge is 0.494 e. The molecule has 0 aliphatic carbocycles. The molecule has 1 fully saturated rings. The first-order valence-electron chi connectivity index (χ1n) is 13.1. The maximum Gasteiger partial charge on any atom is 0.335 e. The van der Waals surface area contributed by atoms with Crippen LogP contribution in [0.2, 0.25) is 0 Å². The number of imide groups is 2. The van der Waals surface area contributed by atoms with Crippen LogP contribution in [-0.4, -0.2) is 43.6 Å². The molecular weight excluding hydrogens is 526 g/mol. The Kier molecular flexibility index (Phi) is 9.03. The third kappa shape index (κ3) is 6.73. The summed E-state index contributed by atoms with van der Waals surface area (Å²) in [5, 5.41) is 5.05. The zero-order valence-electron chi connectivity index (χ0n) is 23.3. The lowest BCUT2D eigenvalue weighted by atomic mass is 10.1. The molecule has 3 aromatic carbocycles. The fraction of sp³-hybridized carbons (Fsp3) is 0.226. The Morgan fingerprint density at radius 3 is 2.34 bits per heavy atom.